The minimum atomic E-state index is -0.913. The highest BCUT2D eigenvalue weighted by molar-refractivity contribution is 6.30. The van der Waals surface area contributed by atoms with Crippen molar-refractivity contribution in [3.05, 3.63) is 34.9 Å². The van der Waals surface area contributed by atoms with Gasteiger partial charge in [0.25, 0.3) is 0 Å². The van der Waals surface area contributed by atoms with E-state index in [0.717, 1.165) is 12.0 Å². The smallest absolute Gasteiger partial charge is 0.317 e. The first kappa shape index (κ1) is 14.7. The first-order valence-electron chi connectivity index (χ1n) is 6.56. The Morgan fingerprint density at radius 2 is 2.25 bits per heavy atom. The molecule has 2 rings (SSSR count). The molecule has 1 aliphatic rings. The van der Waals surface area contributed by atoms with E-state index in [2.05, 4.69) is 5.32 Å². The van der Waals surface area contributed by atoms with Crippen molar-refractivity contribution in [2.75, 3.05) is 19.6 Å². The van der Waals surface area contributed by atoms with Crippen LogP contribution in [-0.4, -0.2) is 41.6 Å². The van der Waals surface area contributed by atoms with Gasteiger partial charge in [-0.1, -0.05) is 23.7 Å². The molecule has 1 unspecified atom stereocenters. The third kappa shape index (κ3) is 3.87. The van der Waals surface area contributed by atoms with Gasteiger partial charge in [-0.15, -0.1) is 0 Å². The Morgan fingerprint density at radius 3 is 2.95 bits per heavy atom. The van der Waals surface area contributed by atoms with E-state index in [-0.39, 0.29) is 19.0 Å². The Morgan fingerprint density at radius 1 is 1.45 bits per heavy atom. The number of halogens is 1. The number of urea groups is 1. The van der Waals surface area contributed by atoms with Crippen molar-refractivity contribution < 1.29 is 14.7 Å². The zero-order chi connectivity index (χ0) is 14.5. The fourth-order valence-electron chi connectivity index (χ4n) is 2.37. The van der Waals surface area contributed by atoms with E-state index >= 15 is 0 Å². The van der Waals surface area contributed by atoms with Gasteiger partial charge < -0.3 is 15.3 Å². The number of carbonyl (C=O) groups excluding carboxylic acids is 1. The SMILES string of the molecule is O=C(O)CCNC(=O)N1CCC(c2cccc(Cl)c2)C1. The molecule has 2 amide bonds. The normalized spacial score (nSPS) is 18.1. The van der Waals surface area contributed by atoms with Gasteiger partial charge in [-0.25, -0.2) is 4.79 Å². The second-order valence-corrected chi connectivity index (χ2v) is 5.30. The average molecular weight is 297 g/mol. The van der Waals surface area contributed by atoms with Gasteiger partial charge in [-0.05, 0) is 24.1 Å². The van der Waals surface area contributed by atoms with Crippen molar-refractivity contribution in [1.82, 2.24) is 10.2 Å². The molecule has 0 aliphatic carbocycles. The maximum Gasteiger partial charge on any atom is 0.317 e. The number of carboxylic acid groups (broad SMARTS) is 1. The molecule has 1 fully saturated rings. The molecular weight excluding hydrogens is 280 g/mol. The quantitative estimate of drug-likeness (QED) is 0.896. The summed E-state index contributed by atoms with van der Waals surface area (Å²) in [6.45, 7) is 1.47. The van der Waals surface area contributed by atoms with Crippen molar-refractivity contribution in [2.24, 2.45) is 0 Å². The van der Waals surface area contributed by atoms with Crippen LogP contribution in [-0.2, 0) is 4.79 Å². The van der Waals surface area contributed by atoms with Gasteiger partial charge in [0.05, 0.1) is 6.42 Å². The second kappa shape index (κ2) is 6.61. The number of amides is 2. The third-order valence-electron chi connectivity index (χ3n) is 3.41. The Labute approximate surface area is 122 Å². The molecule has 0 aromatic heterocycles. The van der Waals surface area contributed by atoms with E-state index in [4.69, 9.17) is 16.7 Å². The minimum Gasteiger partial charge on any atom is -0.481 e. The molecule has 0 radical (unpaired) electrons. The lowest BCUT2D eigenvalue weighted by Gasteiger charge is -2.17. The topological polar surface area (TPSA) is 69.6 Å². The molecule has 108 valence electrons. The van der Waals surface area contributed by atoms with Gasteiger partial charge in [0.1, 0.15) is 0 Å². The molecule has 5 nitrogen and oxygen atoms in total. The first-order valence-corrected chi connectivity index (χ1v) is 6.94. The standard InChI is InChI=1S/C14H17ClN2O3/c15-12-3-1-2-10(8-12)11-5-7-17(9-11)14(20)16-6-4-13(18)19/h1-3,8,11H,4-7,9H2,(H,16,20)(H,18,19). The zero-order valence-corrected chi connectivity index (χ0v) is 11.8. The summed E-state index contributed by atoms with van der Waals surface area (Å²) in [4.78, 5) is 24.0. The average Bonchev–Trinajstić information content (AvgIpc) is 2.87. The maximum atomic E-state index is 11.9. The summed E-state index contributed by atoms with van der Waals surface area (Å²) in [5.41, 5.74) is 1.14. The fourth-order valence-corrected chi connectivity index (χ4v) is 2.56. The number of benzene rings is 1. The van der Waals surface area contributed by atoms with Crippen LogP contribution in [0.25, 0.3) is 0 Å². The maximum absolute atomic E-state index is 11.9. The molecule has 1 aliphatic heterocycles. The van der Waals surface area contributed by atoms with Crippen LogP contribution in [0.1, 0.15) is 24.3 Å². The third-order valence-corrected chi connectivity index (χ3v) is 3.65. The summed E-state index contributed by atoms with van der Waals surface area (Å²) < 4.78 is 0. The lowest BCUT2D eigenvalue weighted by Crippen LogP contribution is -2.39. The summed E-state index contributed by atoms with van der Waals surface area (Å²) in [7, 11) is 0. The van der Waals surface area contributed by atoms with Crippen LogP contribution < -0.4 is 5.32 Å². The van der Waals surface area contributed by atoms with Crippen LogP contribution in [0.3, 0.4) is 0 Å². The van der Waals surface area contributed by atoms with Crippen LogP contribution in [0.15, 0.2) is 24.3 Å². The van der Waals surface area contributed by atoms with Gasteiger partial charge in [0.15, 0.2) is 0 Å². The van der Waals surface area contributed by atoms with E-state index in [1.807, 2.05) is 24.3 Å². The van der Waals surface area contributed by atoms with E-state index < -0.39 is 5.97 Å². The molecule has 2 N–H and O–H groups in total. The number of aliphatic carboxylic acids is 1. The molecule has 1 saturated heterocycles. The zero-order valence-electron chi connectivity index (χ0n) is 11.0. The molecule has 0 spiro atoms. The highest BCUT2D eigenvalue weighted by Crippen LogP contribution is 2.28. The van der Waals surface area contributed by atoms with E-state index in [0.29, 0.717) is 24.0 Å². The summed E-state index contributed by atoms with van der Waals surface area (Å²) in [6.07, 6.45) is 0.837. The predicted molar refractivity (Wildman–Crippen MR) is 76.0 cm³/mol. The van der Waals surface area contributed by atoms with Gasteiger partial charge in [-0.2, -0.15) is 0 Å². The molecule has 1 heterocycles. The highest BCUT2D eigenvalue weighted by atomic mass is 35.5. The Hall–Kier alpha value is -1.75. The molecule has 1 aromatic rings. The van der Waals surface area contributed by atoms with Crippen molar-refractivity contribution in [1.29, 1.82) is 0 Å². The lowest BCUT2D eigenvalue weighted by atomic mass is 9.99. The number of carboxylic acids is 1. The van der Waals surface area contributed by atoms with E-state index in [1.165, 1.54) is 0 Å². The van der Waals surface area contributed by atoms with Gasteiger partial charge >= 0.3 is 12.0 Å². The van der Waals surface area contributed by atoms with Gasteiger partial charge in [-0.3, -0.25) is 4.79 Å². The van der Waals surface area contributed by atoms with Crippen LogP contribution in [0.5, 0.6) is 0 Å². The van der Waals surface area contributed by atoms with Crippen molar-refractivity contribution in [3.8, 4) is 0 Å². The summed E-state index contributed by atoms with van der Waals surface area (Å²) in [5.74, 6) is -0.623. The fraction of sp³-hybridized carbons (Fsp3) is 0.429. The number of nitrogens with zero attached hydrogens (tertiary/aromatic N) is 1. The van der Waals surface area contributed by atoms with E-state index in [9.17, 15) is 9.59 Å². The summed E-state index contributed by atoms with van der Waals surface area (Å²) >= 11 is 5.97. The number of likely N-dealkylation sites (tertiary alicyclic amines) is 1. The molecule has 0 bridgehead atoms. The van der Waals surface area contributed by atoms with Crippen molar-refractivity contribution in [2.45, 2.75) is 18.8 Å². The Bertz CT molecular complexity index is 507. The number of carbonyl (C=O) groups is 2. The minimum absolute atomic E-state index is 0.0582. The van der Waals surface area contributed by atoms with Crippen LogP contribution in [0.2, 0.25) is 5.02 Å². The van der Waals surface area contributed by atoms with Gasteiger partial charge in [0, 0.05) is 30.6 Å². The molecule has 6 heteroatoms. The highest BCUT2D eigenvalue weighted by Gasteiger charge is 2.27. The second-order valence-electron chi connectivity index (χ2n) is 4.86. The van der Waals surface area contributed by atoms with Crippen LogP contribution in [0.4, 0.5) is 4.79 Å². The van der Waals surface area contributed by atoms with Crippen LogP contribution in [0, 0.1) is 0 Å². The number of hydrogen-bond donors (Lipinski definition) is 2. The molecule has 0 saturated carbocycles. The van der Waals surface area contributed by atoms with E-state index in [1.54, 1.807) is 4.90 Å². The largest absolute Gasteiger partial charge is 0.481 e. The predicted octanol–water partition coefficient (Wildman–Crippen LogP) is 2.31. The van der Waals surface area contributed by atoms with Gasteiger partial charge in [0.2, 0.25) is 0 Å². The Balaban J connectivity index is 1.85. The van der Waals surface area contributed by atoms with Crippen molar-refractivity contribution >= 4 is 23.6 Å². The lowest BCUT2D eigenvalue weighted by molar-refractivity contribution is -0.136. The first-order chi connectivity index (χ1) is 9.56. The molecule has 1 atom stereocenters. The van der Waals surface area contributed by atoms with Crippen LogP contribution >= 0.6 is 11.6 Å². The molecular formula is C14H17ClN2O3. The number of nitrogens with one attached hydrogen (secondary N) is 1. The molecule has 20 heavy (non-hydrogen) atoms. The summed E-state index contributed by atoms with van der Waals surface area (Å²) in [5, 5.41) is 11.9. The number of rotatable bonds is 4. The van der Waals surface area contributed by atoms with Crippen molar-refractivity contribution in [3.63, 3.8) is 0 Å². The molecule has 1 aromatic carbocycles. The summed E-state index contributed by atoms with van der Waals surface area (Å²) in [6, 6.07) is 7.49. The monoisotopic (exact) mass is 296 g/mol. The number of hydrogen-bond acceptors (Lipinski definition) is 2. The Kier molecular flexibility index (Phi) is 4.84.